The molecule has 1 saturated heterocycles. The Hall–Kier alpha value is -2.58. The molecule has 0 amide bonds. The Morgan fingerprint density at radius 1 is 1.17 bits per heavy atom. The van der Waals surface area contributed by atoms with Gasteiger partial charge in [-0.25, -0.2) is 4.79 Å². The lowest BCUT2D eigenvalue weighted by atomic mass is 10.3. The van der Waals surface area contributed by atoms with Crippen LogP contribution >= 0.6 is 12.2 Å². The molecule has 0 spiro atoms. The highest BCUT2D eigenvalue weighted by atomic mass is 32.1. The van der Waals surface area contributed by atoms with Crippen LogP contribution in [0.2, 0.25) is 0 Å². The number of carbonyl (C=O) groups is 1. The number of nitrogens with one attached hydrogen (secondary N) is 1. The van der Waals surface area contributed by atoms with Gasteiger partial charge in [-0.2, -0.15) is 0 Å². The largest absolute Gasteiger partial charge is 0.492 e. The van der Waals surface area contributed by atoms with Crippen LogP contribution in [0.15, 0.2) is 40.8 Å². The number of carbonyl (C=O) groups excluding carboxylic acids is 1. The van der Waals surface area contributed by atoms with Gasteiger partial charge in [0.1, 0.15) is 11.5 Å². The van der Waals surface area contributed by atoms with Gasteiger partial charge in [-0.15, -0.1) is 0 Å². The molecule has 8 heteroatoms. The Balaban J connectivity index is 1.55. The number of benzene rings is 1. The third-order valence-corrected chi connectivity index (χ3v) is 5.09. The molecule has 1 aromatic heterocycles. The van der Waals surface area contributed by atoms with Gasteiger partial charge in [0.25, 0.3) is 0 Å². The van der Waals surface area contributed by atoms with Crippen molar-refractivity contribution in [2.75, 3.05) is 45.2 Å². The zero-order chi connectivity index (χ0) is 20.6. The molecular formula is C21H27N3O4S. The van der Waals surface area contributed by atoms with Gasteiger partial charge < -0.3 is 24.1 Å². The van der Waals surface area contributed by atoms with E-state index in [2.05, 4.69) is 19.9 Å². The molecule has 1 N–H and O–H groups in total. The van der Waals surface area contributed by atoms with Crippen molar-refractivity contribution < 1.29 is 18.7 Å². The number of hydrogen-bond donors (Lipinski definition) is 1. The molecule has 0 radical (unpaired) electrons. The minimum atomic E-state index is -0.456. The first-order valence-electron chi connectivity index (χ1n) is 9.78. The number of anilines is 1. The molecular weight excluding hydrogens is 390 g/mol. The smallest absolute Gasteiger partial charge is 0.373 e. The summed E-state index contributed by atoms with van der Waals surface area (Å²) >= 11 is 5.64. The molecule has 0 saturated carbocycles. The minimum absolute atomic E-state index is 0.234. The normalized spacial score (nSPS) is 14.9. The number of rotatable bonds is 6. The third kappa shape index (κ3) is 5.71. The summed E-state index contributed by atoms with van der Waals surface area (Å²) in [4.78, 5) is 16.0. The van der Waals surface area contributed by atoms with Crippen LogP contribution in [0.25, 0.3) is 0 Å². The lowest BCUT2D eigenvalue weighted by Gasteiger charge is -2.25. The van der Waals surface area contributed by atoms with Gasteiger partial charge in [0.05, 0.1) is 25.9 Å². The minimum Gasteiger partial charge on any atom is -0.492 e. The summed E-state index contributed by atoms with van der Waals surface area (Å²) in [6, 6.07) is 11.3. The van der Waals surface area contributed by atoms with E-state index in [4.69, 9.17) is 21.4 Å². The number of hydrogen-bond acceptors (Lipinski definition) is 6. The van der Waals surface area contributed by atoms with E-state index in [-0.39, 0.29) is 5.76 Å². The summed E-state index contributed by atoms with van der Waals surface area (Å²) in [6.45, 7) is 6.70. The SMILES string of the molecule is CCOc1ccccc1NC(=S)N1CCCN(Cc2ccc(C(=O)OC)o2)CC1. The maximum absolute atomic E-state index is 11.5. The zero-order valence-corrected chi connectivity index (χ0v) is 17.7. The van der Waals surface area contributed by atoms with Gasteiger partial charge in [-0.1, -0.05) is 12.1 Å². The van der Waals surface area contributed by atoms with Gasteiger partial charge in [-0.05, 0) is 49.8 Å². The molecule has 0 unspecified atom stereocenters. The fourth-order valence-electron chi connectivity index (χ4n) is 3.27. The molecule has 2 heterocycles. The fraction of sp³-hybridized carbons (Fsp3) is 0.429. The van der Waals surface area contributed by atoms with Crippen LogP contribution in [0, 0.1) is 0 Å². The van der Waals surface area contributed by atoms with Crippen molar-refractivity contribution in [3.8, 4) is 5.75 Å². The van der Waals surface area contributed by atoms with Crippen LogP contribution in [0.4, 0.5) is 5.69 Å². The maximum atomic E-state index is 11.5. The van der Waals surface area contributed by atoms with Crippen molar-refractivity contribution in [3.05, 3.63) is 47.9 Å². The highest BCUT2D eigenvalue weighted by Gasteiger charge is 2.19. The van der Waals surface area contributed by atoms with Gasteiger partial charge in [0.2, 0.25) is 5.76 Å². The van der Waals surface area contributed by atoms with Crippen molar-refractivity contribution in [1.82, 2.24) is 9.80 Å². The molecule has 1 aliphatic rings. The Bertz CT molecular complexity index is 839. The highest BCUT2D eigenvalue weighted by Crippen LogP contribution is 2.24. The van der Waals surface area contributed by atoms with Gasteiger partial charge in [0.15, 0.2) is 5.11 Å². The third-order valence-electron chi connectivity index (χ3n) is 4.73. The van der Waals surface area contributed by atoms with E-state index in [0.29, 0.717) is 18.3 Å². The molecule has 0 aliphatic carbocycles. The van der Waals surface area contributed by atoms with E-state index >= 15 is 0 Å². The molecule has 0 bridgehead atoms. The average molecular weight is 418 g/mol. The summed E-state index contributed by atoms with van der Waals surface area (Å²) in [5, 5.41) is 4.02. The van der Waals surface area contributed by atoms with Crippen LogP contribution in [0.3, 0.4) is 0 Å². The van der Waals surface area contributed by atoms with Crippen molar-refractivity contribution in [1.29, 1.82) is 0 Å². The first-order chi connectivity index (χ1) is 14.1. The molecule has 1 aliphatic heterocycles. The second-order valence-electron chi connectivity index (χ2n) is 6.73. The standard InChI is InChI=1S/C21H27N3O4S/c1-3-27-18-8-5-4-7-17(18)22-21(29)24-12-6-11-23(13-14-24)15-16-9-10-19(28-16)20(25)26-2/h4-5,7-10H,3,6,11-15H2,1-2H3,(H,22,29). The topological polar surface area (TPSA) is 67.2 Å². The van der Waals surface area contributed by atoms with E-state index in [1.807, 2.05) is 37.3 Å². The molecule has 1 aromatic carbocycles. The molecule has 2 aromatic rings. The lowest BCUT2D eigenvalue weighted by molar-refractivity contribution is 0.0561. The summed E-state index contributed by atoms with van der Waals surface area (Å²) < 4.78 is 15.9. The summed E-state index contributed by atoms with van der Waals surface area (Å²) in [5.74, 6) is 1.33. The predicted molar refractivity (Wildman–Crippen MR) is 115 cm³/mol. The van der Waals surface area contributed by atoms with Gasteiger partial charge >= 0.3 is 5.97 Å². The van der Waals surface area contributed by atoms with Crippen molar-refractivity contribution in [3.63, 3.8) is 0 Å². The van der Waals surface area contributed by atoms with E-state index < -0.39 is 5.97 Å². The summed E-state index contributed by atoms with van der Waals surface area (Å²) in [7, 11) is 1.34. The average Bonchev–Trinajstić information content (AvgIpc) is 3.06. The second kappa shape index (κ2) is 10.3. The van der Waals surface area contributed by atoms with Gasteiger partial charge in [-0.3, -0.25) is 4.90 Å². The second-order valence-corrected chi connectivity index (χ2v) is 7.12. The Morgan fingerprint density at radius 2 is 2.00 bits per heavy atom. The van der Waals surface area contributed by atoms with Crippen LogP contribution in [-0.4, -0.2) is 60.8 Å². The molecule has 0 atom stereocenters. The number of methoxy groups -OCH3 is 1. The monoisotopic (exact) mass is 417 g/mol. The fourth-order valence-corrected chi connectivity index (χ4v) is 3.56. The van der Waals surface area contributed by atoms with Crippen molar-refractivity contribution in [2.24, 2.45) is 0 Å². The van der Waals surface area contributed by atoms with Gasteiger partial charge in [0, 0.05) is 26.2 Å². The lowest BCUT2D eigenvalue weighted by Crippen LogP contribution is -2.37. The number of para-hydroxylation sites is 2. The first kappa shape index (κ1) is 21.1. The number of nitrogens with zero attached hydrogens (tertiary/aromatic N) is 2. The number of furan rings is 1. The molecule has 156 valence electrons. The van der Waals surface area contributed by atoms with E-state index in [1.54, 1.807) is 6.07 Å². The van der Waals surface area contributed by atoms with Crippen LogP contribution in [-0.2, 0) is 11.3 Å². The van der Waals surface area contributed by atoms with E-state index in [9.17, 15) is 4.79 Å². The number of esters is 1. The Morgan fingerprint density at radius 3 is 2.79 bits per heavy atom. The summed E-state index contributed by atoms with van der Waals surface area (Å²) in [5.41, 5.74) is 0.881. The molecule has 7 nitrogen and oxygen atoms in total. The van der Waals surface area contributed by atoms with Crippen molar-refractivity contribution in [2.45, 2.75) is 19.9 Å². The number of thiocarbonyl (C=S) groups is 1. The Kier molecular flexibility index (Phi) is 7.48. The first-order valence-corrected chi connectivity index (χ1v) is 10.2. The van der Waals surface area contributed by atoms with Crippen LogP contribution in [0.1, 0.15) is 29.7 Å². The number of ether oxygens (including phenoxy) is 2. The maximum Gasteiger partial charge on any atom is 0.373 e. The molecule has 3 rings (SSSR count). The van der Waals surface area contributed by atoms with E-state index in [1.165, 1.54) is 7.11 Å². The zero-order valence-electron chi connectivity index (χ0n) is 16.8. The predicted octanol–water partition coefficient (Wildman–Crippen LogP) is 3.37. The van der Waals surface area contributed by atoms with Crippen LogP contribution in [0.5, 0.6) is 5.75 Å². The Labute approximate surface area is 176 Å². The summed E-state index contributed by atoms with van der Waals surface area (Å²) in [6.07, 6.45) is 0.986. The van der Waals surface area contributed by atoms with Crippen LogP contribution < -0.4 is 10.1 Å². The van der Waals surface area contributed by atoms with Crippen molar-refractivity contribution >= 4 is 29.0 Å². The molecule has 29 heavy (non-hydrogen) atoms. The molecule has 1 fully saturated rings. The quantitative estimate of drug-likeness (QED) is 0.567. The van der Waals surface area contributed by atoms with E-state index in [0.717, 1.165) is 49.8 Å². The highest BCUT2D eigenvalue weighted by molar-refractivity contribution is 7.80.